The Labute approximate surface area is 116 Å². The average Bonchev–Trinajstić information content (AvgIpc) is 2.92. The van der Waals surface area contributed by atoms with E-state index in [1.165, 1.54) is 0 Å². The van der Waals surface area contributed by atoms with Crippen molar-refractivity contribution >= 4 is 17.5 Å². The van der Waals surface area contributed by atoms with Crippen molar-refractivity contribution in [3.8, 4) is 0 Å². The maximum absolute atomic E-state index is 12.4. The number of carbonyl (C=O) groups is 2. The summed E-state index contributed by atoms with van der Waals surface area (Å²) in [7, 11) is 0. The summed E-state index contributed by atoms with van der Waals surface area (Å²) in [4.78, 5) is 28.3. The number of imidazole rings is 1. The van der Waals surface area contributed by atoms with E-state index in [2.05, 4.69) is 15.6 Å². The normalized spacial score (nSPS) is 18.3. The fourth-order valence-corrected chi connectivity index (χ4v) is 2.50. The molecule has 2 amide bonds. The molecule has 6 nitrogen and oxygen atoms in total. The van der Waals surface area contributed by atoms with Gasteiger partial charge in [0.05, 0.1) is 5.69 Å². The number of rotatable bonds is 2. The molecule has 1 fully saturated rings. The summed E-state index contributed by atoms with van der Waals surface area (Å²) in [5.74, 6) is -0.387. The predicted octanol–water partition coefficient (Wildman–Crippen LogP) is 0.569. The average molecular weight is 272 g/mol. The second-order valence-corrected chi connectivity index (χ2v) is 5.08. The minimum atomic E-state index is -0.446. The van der Waals surface area contributed by atoms with Gasteiger partial charge in [0.25, 0.3) is 5.91 Å². The van der Waals surface area contributed by atoms with Gasteiger partial charge in [-0.05, 0) is 38.0 Å². The lowest BCUT2D eigenvalue weighted by molar-refractivity contribution is -0.120. The topological polar surface area (TPSA) is 75.5 Å². The first-order chi connectivity index (χ1) is 9.56. The summed E-state index contributed by atoms with van der Waals surface area (Å²) in [5.41, 5.74) is 2.97. The molecule has 1 aliphatic heterocycles. The van der Waals surface area contributed by atoms with E-state index in [1.54, 1.807) is 11.3 Å². The Morgan fingerprint density at radius 1 is 1.50 bits per heavy atom. The van der Waals surface area contributed by atoms with E-state index in [9.17, 15) is 9.59 Å². The number of hydrogen-bond donors (Lipinski definition) is 2. The van der Waals surface area contributed by atoms with Crippen LogP contribution in [0.5, 0.6) is 0 Å². The highest BCUT2D eigenvalue weighted by atomic mass is 16.2. The van der Waals surface area contributed by atoms with Gasteiger partial charge in [-0.25, -0.2) is 4.98 Å². The van der Waals surface area contributed by atoms with Gasteiger partial charge in [0, 0.05) is 12.7 Å². The van der Waals surface area contributed by atoms with E-state index in [0.29, 0.717) is 24.4 Å². The summed E-state index contributed by atoms with van der Waals surface area (Å²) in [6.45, 7) is 4.38. The molecule has 20 heavy (non-hydrogen) atoms. The van der Waals surface area contributed by atoms with Gasteiger partial charge in [0.2, 0.25) is 5.91 Å². The predicted molar refractivity (Wildman–Crippen MR) is 73.5 cm³/mol. The number of amides is 2. The van der Waals surface area contributed by atoms with Crippen LogP contribution in [-0.4, -0.2) is 33.8 Å². The first-order valence-electron chi connectivity index (χ1n) is 6.60. The highest BCUT2D eigenvalue weighted by Crippen LogP contribution is 2.14. The molecule has 104 valence electrons. The quantitative estimate of drug-likeness (QED) is 0.839. The van der Waals surface area contributed by atoms with Crippen molar-refractivity contribution in [2.24, 2.45) is 0 Å². The standard InChI is InChI=1S/C14H16N4O2/c1-8-4-6-18-11(7-8)16-9(2)12(18)14(20)17-10-3-5-15-13(10)19/h4,6-7,10H,3,5H2,1-2H3,(H,15,19)(H,17,20)/t10-/m0/s1. The molecular weight excluding hydrogens is 256 g/mol. The zero-order valence-corrected chi connectivity index (χ0v) is 11.4. The van der Waals surface area contributed by atoms with E-state index in [0.717, 1.165) is 11.2 Å². The fourth-order valence-electron chi connectivity index (χ4n) is 2.50. The summed E-state index contributed by atoms with van der Waals surface area (Å²) in [5, 5.41) is 5.47. The highest BCUT2D eigenvalue weighted by Gasteiger charge is 2.27. The number of nitrogens with one attached hydrogen (secondary N) is 2. The summed E-state index contributed by atoms with van der Waals surface area (Å²) in [6, 6.07) is 3.40. The monoisotopic (exact) mass is 272 g/mol. The molecule has 1 saturated heterocycles. The molecule has 3 rings (SSSR count). The molecule has 0 aromatic carbocycles. The van der Waals surface area contributed by atoms with Gasteiger partial charge < -0.3 is 10.6 Å². The SMILES string of the molecule is Cc1ccn2c(C(=O)N[C@H]3CCNC3=O)c(C)nc2c1. The number of hydrogen-bond acceptors (Lipinski definition) is 3. The number of nitrogens with zero attached hydrogens (tertiary/aromatic N) is 2. The van der Waals surface area contributed by atoms with Gasteiger partial charge in [-0.15, -0.1) is 0 Å². The van der Waals surface area contributed by atoms with Gasteiger partial charge >= 0.3 is 0 Å². The van der Waals surface area contributed by atoms with Crippen LogP contribution in [0.3, 0.4) is 0 Å². The van der Waals surface area contributed by atoms with Crippen molar-refractivity contribution in [1.29, 1.82) is 0 Å². The Morgan fingerprint density at radius 3 is 3.00 bits per heavy atom. The summed E-state index contributed by atoms with van der Waals surface area (Å²) < 4.78 is 1.75. The Kier molecular flexibility index (Phi) is 2.93. The van der Waals surface area contributed by atoms with Crippen LogP contribution in [0, 0.1) is 13.8 Å². The molecule has 2 N–H and O–H groups in total. The third kappa shape index (κ3) is 2.03. The van der Waals surface area contributed by atoms with Gasteiger partial charge in [0.1, 0.15) is 17.4 Å². The lowest BCUT2D eigenvalue weighted by atomic mass is 10.2. The van der Waals surface area contributed by atoms with Crippen LogP contribution in [-0.2, 0) is 4.79 Å². The third-order valence-corrected chi connectivity index (χ3v) is 3.53. The summed E-state index contributed by atoms with van der Waals surface area (Å²) >= 11 is 0. The number of carbonyl (C=O) groups excluding carboxylic acids is 2. The van der Waals surface area contributed by atoms with Crippen LogP contribution in [0.4, 0.5) is 0 Å². The lowest BCUT2D eigenvalue weighted by Crippen LogP contribution is -2.40. The van der Waals surface area contributed by atoms with Crippen molar-refractivity contribution in [2.45, 2.75) is 26.3 Å². The molecule has 0 spiro atoms. The zero-order chi connectivity index (χ0) is 14.3. The molecule has 2 aromatic rings. The third-order valence-electron chi connectivity index (χ3n) is 3.53. The van der Waals surface area contributed by atoms with Crippen LogP contribution in [0.2, 0.25) is 0 Å². The van der Waals surface area contributed by atoms with E-state index < -0.39 is 6.04 Å². The van der Waals surface area contributed by atoms with Crippen LogP contribution >= 0.6 is 0 Å². The number of fused-ring (bicyclic) bond motifs is 1. The Hall–Kier alpha value is -2.37. The van der Waals surface area contributed by atoms with E-state index >= 15 is 0 Å². The number of pyridine rings is 1. The van der Waals surface area contributed by atoms with E-state index in [-0.39, 0.29) is 11.8 Å². The Morgan fingerprint density at radius 2 is 2.30 bits per heavy atom. The van der Waals surface area contributed by atoms with E-state index in [4.69, 9.17) is 0 Å². The molecule has 0 radical (unpaired) electrons. The Balaban J connectivity index is 1.95. The molecule has 1 atom stereocenters. The summed E-state index contributed by atoms with van der Waals surface area (Å²) in [6.07, 6.45) is 2.45. The minimum absolute atomic E-state index is 0.124. The van der Waals surface area contributed by atoms with Crippen molar-refractivity contribution in [2.75, 3.05) is 6.54 Å². The van der Waals surface area contributed by atoms with Crippen LogP contribution in [0.1, 0.15) is 28.2 Å². The van der Waals surface area contributed by atoms with E-state index in [1.807, 2.05) is 25.3 Å². The largest absolute Gasteiger partial charge is 0.354 e. The molecule has 3 heterocycles. The molecule has 1 aliphatic rings. The van der Waals surface area contributed by atoms with Crippen molar-refractivity contribution < 1.29 is 9.59 Å². The zero-order valence-electron chi connectivity index (χ0n) is 11.4. The first-order valence-corrected chi connectivity index (χ1v) is 6.60. The first kappa shape index (κ1) is 12.7. The number of aryl methyl sites for hydroxylation is 2. The molecule has 2 aromatic heterocycles. The molecular formula is C14H16N4O2. The van der Waals surface area contributed by atoms with Crippen LogP contribution in [0.15, 0.2) is 18.3 Å². The van der Waals surface area contributed by atoms with Crippen LogP contribution < -0.4 is 10.6 Å². The molecule has 0 aliphatic carbocycles. The van der Waals surface area contributed by atoms with Crippen molar-refractivity contribution in [1.82, 2.24) is 20.0 Å². The lowest BCUT2D eigenvalue weighted by Gasteiger charge is -2.10. The minimum Gasteiger partial charge on any atom is -0.354 e. The van der Waals surface area contributed by atoms with Gasteiger partial charge in [-0.1, -0.05) is 0 Å². The van der Waals surface area contributed by atoms with Crippen LogP contribution in [0.25, 0.3) is 5.65 Å². The molecule has 0 unspecified atom stereocenters. The van der Waals surface area contributed by atoms with Crippen molar-refractivity contribution in [3.63, 3.8) is 0 Å². The van der Waals surface area contributed by atoms with Gasteiger partial charge in [-0.2, -0.15) is 0 Å². The maximum atomic E-state index is 12.4. The van der Waals surface area contributed by atoms with Gasteiger partial charge in [-0.3, -0.25) is 14.0 Å². The second kappa shape index (κ2) is 4.63. The molecule has 0 bridgehead atoms. The van der Waals surface area contributed by atoms with Gasteiger partial charge in [0.15, 0.2) is 0 Å². The molecule has 0 saturated carbocycles. The van der Waals surface area contributed by atoms with Crippen molar-refractivity contribution in [3.05, 3.63) is 35.3 Å². The Bertz CT molecular complexity index is 705. The smallest absolute Gasteiger partial charge is 0.270 e. The number of aromatic nitrogens is 2. The highest BCUT2D eigenvalue weighted by molar-refractivity contribution is 5.98. The fraction of sp³-hybridized carbons (Fsp3) is 0.357. The molecule has 6 heteroatoms. The maximum Gasteiger partial charge on any atom is 0.270 e. The second-order valence-electron chi connectivity index (χ2n) is 5.08.